The fraction of sp³-hybridized carbons (Fsp3) is 0.714. The molecule has 6 heteroatoms. The van der Waals surface area contributed by atoms with E-state index in [1.807, 2.05) is 19.0 Å². The Kier molecular flexibility index (Phi) is 4.70. The quantitative estimate of drug-likeness (QED) is 0.873. The molecule has 1 fully saturated rings. The first-order chi connectivity index (χ1) is 9.41. The molecule has 1 N–H and O–H groups in total. The van der Waals surface area contributed by atoms with Crippen molar-refractivity contribution in [3.05, 3.63) is 21.6 Å². The number of hydrogen-bond donors (Lipinski definition) is 1. The van der Waals surface area contributed by atoms with Crippen LogP contribution in [0.25, 0.3) is 0 Å². The van der Waals surface area contributed by atoms with Crippen LogP contribution in [-0.2, 0) is 6.54 Å². The first-order valence-corrected chi connectivity index (χ1v) is 7.43. The van der Waals surface area contributed by atoms with Gasteiger partial charge in [0.1, 0.15) is 5.02 Å². The molecule has 1 aliphatic rings. The highest BCUT2D eigenvalue weighted by molar-refractivity contribution is 6.32. The molecule has 1 aromatic rings. The zero-order valence-electron chi connectivity index (χ0n) is 12.4. The summed E-state index contributed by atoms with van der Waals surface area (Å²) in [6, 6.07) is 0. The molecule has 1 aromatic heterocycles. The Bertz CT molecular complexity index is 522. The minimum atomic E-state index is -0.225. The van der Waals surface area contributed by atoms with Gasteiger partial charge in [-0.2, -0.15) is 5.10 Å². The molecule has 5 nitrogen and oxygen atoms in total. The molecule has 0 unspecified atom stereocenters. The lowest BCUT2D eigenvalue weighted by atomic mass is 9.70. The van der Waals surface area contributed by atoms with Crippen LogP contribution in [0.2, 0.25) is 5.02 Å². The monoisotopic (exact) mass is 298 g/mol. The van der Waals surface area contributed by atoms with Crippen molar-refractivity contribution in [3.8, 4) is 0 Å². The summed E-state index contributed by atoms with van der Waals surface area (Å²) in [5.41, 5.74) is 0.756. The number of hydrogen-bond acceptors (Lipinski definition) is 4. The first kappa shape index (κ1) is 15.3. The molecule has 0 radical (unpaired) electrons. The average molecular weight is 299 g/mol. The summed E-state index contributed by atoms with van der Waals surface area (Å²) < 4.78 is 1.42. The minimum absolute atomic E-state index is 0.225. The van der Waals surface area contributed by atoms with Crippen LogP contribution in [0.4, 0.5) is 5.69 Å². The molecule has 1 aliphatic carbocycles. The molecule has 1 saturated carbocycles. The number of nitrogens with one attached hydrogen (secondary N) is 1. The van der Waals surface area contributed by atoms with E-state index in [0.29, 0.717) is 17.6 Å². The zero-order valence-corrected chi connectivity index (χ0v) is 13.2. The lowest BCUT2D eigenvalue weighted by Crippen LogP contribution is -2.34. The zero-order chi connectivity index (χ0) is 14.8. The van der Waals surface area contributed by atoms with E-state index in [1.165, 1.54) is 23.9 Å². The molecular formula is C14H23ClN4O. The minimum Gasteiger partial charge on any atom is -0.382 e. The largest absolute Gasteiger partial charge is 0.382 e. The molecule has 0 aromatic carbocycles. The van der Waals surface area contributed by atoms with Crippen LogP contribution in [0.3, 0.4) is 0 Å². The highest BCUT2D eigenvalue weighted by Crippen LogP contribution is 2.40. The van der Waals surface area contributed by atoms with E-state index >= 15 is 0 Å². The Hall–Kier alpha value is -1.07. The number of likely N-dealkylation sites (N-methyl/N-ethyl adjacent to an activating group) is 1. The number of halogens is 1. The first-order valence-electron chi connectivity index (χ1n) is 7.05. The number of nitrogens with zero attached hydrogens (tertiary/aromatic N) is 3. The van der Waals surface area contributed by atoms with E-state index in [-0.39, 0.29) is 10.6 Å². The molecule has 1 heterocycles. The molecular weight excluding hydrogens is 276 g/mol. The van der Waals surface area contributed by atoms with E-state index in [9.17, 15) is 4.79 Å². The van der Waals surface area contributed by atoms with Crippen LogP contribution >= 0.6 is 11.6 Å². The summed E-state index contributed by atoms with van der Waals surface area (Å²) >= 11 is 6.15. The number of rotatable bonds is 6. The van der Waals surface area contributed by atoms with E-state index in [2.05, 4.69) is 17.3 Å². The normalized spacial score (nSPS) is 17.1. The van der Waals surface area contributed by atoms with E-state index in [4.69, 9.17) is 11.6 Å². The van der Waals surface area contributed by atoms with Crippen molar-refractivity contribution in [2.45, 2.75) is 32.7 Å². The lowest BCUT2D eigenvalue weighted by molar-refractivity contribution is 0.180. The van der Waals surface area contributed by atoms with Gasteiger partial charge >= 0.3 is 0 Å². The number of anilines is 1. The van der Waals surface area contributed by atoms with Crippen LogP contribution in [0, 0.1) is 5.41 Å². The second-order valence-corrected chi connectivity index (χ2v) is 6.60. The van der Waals surface area contributed by atoms with Crippen molar-refractivity contribution < 1.29 is 0 Å². The summed E-state index contributed by atoms with van der Waals surface area (Å²) in [4.78, 5) is 14.1. The topological polar surface area (TPSA) is 50.2 Å². The SMILES string of the molecule is CN(C)CCn1ncc(NCC2(C)CCC2)c(Cl)c1=O. The highest BCUT2D eigenvalue weighted by atomic mass is 35.5. The maximum atomic E-state index is 12.1. The van der Waals surface area contributed by atoms with E-state index in [1.54, 1.807) is 6.20 Å². The third-order valence-electron chi connectivity index (χ3n) is 4.01. The Morgan fingerprint density at radius 1 is 1.50 bits per heavy atom. The third-order valence-corrected chi connectivity index (χ3v) is 4.38. The maximum Gasteiger partial charge on any atom is 0.287 e. The summed E-state index contributed by atoms with van der Waals surface area (Å²) in [6.07, 6.45) is 5.40. The summed E-state index contributed by atoms with van der Waals surface area (Å²) in [5.74, 6) is 0. The van der Waals surface area contributed by atoms with Crippen molar-refractivity contribution in [3.63, 3.8) is 0 Å². The van der Waals surface area contributed by atoms with Gasteiger partial charge in [0.2, 0.25) is 0 Å². The van der Waals surface area contributed by atoms with Gasteiger partial charge in [0.05, 0.1) is 18.4 Å². The summed E-state index contributed by atoms with van der Waals surface area (Å²) in [7, 11) is 3.92. The molecule has 0 amide bonds. The lowest BCUT2D eigenvalue weighted by Gasteiger charge is -2.38. The van der Waals surface area contributed by atoms with E-state index < -0.39 is 0 Å². The highest BCUT2D eigenvalue weighted by Gasteiger charge is 2.31. The fourth-order valence-corrected chi connectivity index (χ4v) is 2.52. The molecule has 0 saturated heterocycles. The molecule has 20 heavy (non-hydrogen) atoms. The molecule has 112 valence electrons. The van der Waals surface area contributed by atoms with Gasteiger partial charge in [-0.3, -0.25) is 4.79 Å². The Morgan fingerprint density at radius 3 is 2.75 bits per heavy atom. The molecule has 0 spiro atoms. The van der Waals surface area contributed by atoms with Gasteiger partial charge in [0.15, 0.2) is 0 Å². The van der Waals surface area contributed by atoms with Gasteiger partial charge in [-0.15, -0.1) is 0 Å². The van der Waals surface area contributed by atoms with Crippen LogP contribution in [0.1, 0.15) is 26.2 Å². The Labute approximate surface area is 124 Å². The standard InChI is InChI=1S/C14H23ClN4O/c1-14(5-4-6-14)10-16-11-9-17-19(8-7-18(2)3)13(20)12(11)15/h9,16H,4-8,10H2,1-3H3. The average Bonchev–Trinajstić information content (AvgIpc) is 2.37. The molecule has 0 atom stereocenters. The van der Waals surface area contributed by atoms with E-state index in [0.717, 1.165) is 13.1 Å². The van der Waals surface area contributed by atoms with Crippen molar-refractivity contribution in [2.75, 3.05) is 32.5 Å². The van der Waals surface area contributed by atoms with Crippen LogP contribution in [0.5, 0.6) is 0 Å². The second-order valence-electron chi connectivity index (χ2n) is 6.22. The van der Waals surface area contributed by atoms with Gasteiger partial charge in [-0.1, -0.05) is 24.9 Å². The van der Waals surface area contributed by atoms with Gasteiger partial charge in [0.25, 0.3) is 5.56 Å². The smallest absolute Gasteiger partial charge is 0.287 e. The van der Waals surface area contributed by atoms with Gasteiger partial charge in [-0.25, -0.2) is 4.68 Å². The van der Waals surface area contributed by atoms with Crippen molar-refractivity contribution >= 4 is 17.3 Å². The molecule has 2 rings (SSSR count). The van der Waals surface area contributed by atoms with Gasteiger partial charge < -0.3 is 10.2 Å². The van der Waals surface area contributed by atoms with Gasteiger partial charge in [0, 0.05) is 13.1 Å². The predicted molar refractivity (Wildman–Crippen MR) is 82.5 cm³/mol. The predicted octanol–water partition coefficient (Wildman–Crippen LogP) is 2.06. The number of aromatic nitrogens is 2. The van der Waals surface area contributed by atoms with Crippen molar-refractivity contribution in [1.29, 1.82) is 0 Å². The van der Waals surface area contributed by atoms with Crippen molar-refractivity contribution in [1.82, 2.24) is 14.7 Å². The second kappa shape index (κ2) is 6.14. The Balaban J connectivity index is 2.04. The van der Waals surface area contributed by atoms with Crippen LogP contribution in [0.15, 0.2) is 11.0 Å². The molecule has 0 aliphatic heterocycles. The third kappa shape index (κ3) is 3.52. The maximum absolute atomic E-state index is 12.1. The summed E-state index contributed by atoms with van der Waals surface area (Å²) in [6.45, 7) is 4.40. The van der Waals surface area contributed by atoms with Crippen LogP contribution in [-0.4, -0.2) is 41.9 Å². The fourth-order valence-electron chi connectivity index (χ4n) is 2.31. The van der Waals surface area contributed by atoms with Crippen LogP contribution < -0.4 is 10.9 Å². The Morgan fingerprint density at radius 2 is 2.20 bits per heavy atom. The molecule has 0 bridgehead atoms. The van der Waals surface area contributed by atoms with Gasteiger partial charge in [-0.05, 0) is 32.4 Å². The summed E-state index contributed by atoms with van der Waals surface area (Å²) in [5, 5.41) is 7.69. The van der Waals surface area contributed by atoms with Crippen molar-refractivity contribution in [2.24, 2.45) is 5.41 Å².